The van der Waals surface area contributed by atoms with E-state index in [9.17, 15) is 0 Å². The van der Waals surface area contributed by atoms with Gasteiger partial charge in [-0.2, -0.15) is 0 Å². The molecule has 0 aromatic heterocycles. The Morgan fingerprint density at radius 3 is 3.36 bits per heavy atom. The van der Waals surface area contributed by atoms with Crippen LogP contribution in [0.2, 0.25) is 0 Å². The molecule has 1 atom stereocenters. The summed E-state index contributed by atoms with van der Waals surface area (Å²) >= 11 is 0. The molecule has 0 aliphatic heterocycles. The van der Waals surface area contributed by atoms with Crippen molar-refractivity contribution in [2.75, 3.05) is 13.7 Å². The minimum absolute atomic E-state index is 0.427. The van der Waals surface area contributed by atoms with Crippen LogP contribution in [-0.2, 0) is 4.74 Å². The van der Waals surface area contributed by atoms with Crippen LogP contribution in [0.4, 0.5) is 0 Å². The van der Waals surface area contributed by atoms with Gasteiger partial charge in [0.1, 0.15) is 0 Å². The van der Waals surface area contributed by atoms with E-state index in [4.69, 9.17) is 9.94 Å². The Balaban J connectivity index is 2.48. The van der Waals surface area contributed by atoms with Gasteiger partial charge < -0.3 is 9.94 Å². The molecule has 0 aromatic carbocycles. The Morgan fingerprint density at radius 2 is 2.73 bits per heavy atom. The number of hydrogen-bond donors (Lipinski definition) is 1. The first kappa shape index (κ1) is 8.27. The van der Waals surface area contributed by atoms with Crippen molar-refractivity contribution in [3.8, 4) is 0 Å². The lowest BCUT2D eigenvalue weighted by molar-refractivity contribution is 0.168. The van der Waals surface area contributed by atoms with Crippen molar-refractivity contribution in [1.82, 2.24) is 0 Å². The highest BCUT2D eigenvalue weighted by molar-refractivity contribution is 5.79. The van der Waals surface area contributed by atoms with Crippen molar-refractivity contribution in [1.29, 1.82) is 0 Å². The van der Waals surface area contributed by atoms with Crippen LogP contribution in [0.15, 0.2) is 16.8 Å². The van der Waals surface area contributed by atoms with Crippen LogP contribution in [0.25, 0.3) is 0 Å². The molecule has 1 aliphatic carbocycles. The Bertz CT molecular complexity index is 175. The number of methoxy groups -OCH3 is 1. The summed E-state index contributed by atoms with van der Waals surface area (Å²) < 4.78 is 5.02. The molecule has 0 saturated carbocycles. The number of rotatable bonds is 3. The van der Waals surface area contributed by atoms with E-state index < -0.39 is 0 Å². The van der Waals surface area contributed by atoms with E-state index in [0.717, 1.165) is 25.0 Å². The number of nitrogens with zero attached hydrogens (tertiary/aromatic N) is 1. The van der Waals surface area contributed by atoms with Crippen molar-refractivity contribution >= 4 is 6.21 Å². The molecule has 1 unspecified atom stereocenters. The summed E-state index contributed by atoms with van der Waals surface area (Å²) in [7, 11) is 1.69. The molecule has 0 saturated heterocycles. The minimum Gasteiger partial charge on any atom is -0.411 e. The lowest BCUT2D eigenvalue weighted by Crippen LogP contribution is -2.07. The minimum atomic E-state index is 0.427. The van der Waals surface area contributed by atoms with Crippen molar-refractivity contribution in [3.63, 3.8) is 0 Å². The van der Waals surface area contributed by atoms with Crippen LogP contribution < -0.4 is 0 Å². The predicted molar refractivity (Wildman–Crippen MR) is 43.0 cm³/mol. The summed E-state index contributed by atoms with van der Waals surface area (Å²) in [5, 5.41) is 11.3. The molecule has 1 rings (SSSR count). The first-order valence-electron chi connectivity index (χ1n) is 3.75. The average molecular weight is 155 g/mol. The SMILES string of the molecule is COCC1CCC=C1/C=N/O. The van der Waals surface area contributed by atoms with Gasteiger partial charge >= 0.3 is 0 Å². The van der Waals surface area contributed by atoms with Gasteiger partial charge in [-0.25, -0.2) is 0 Å². The summed E-state index contributed by atoms with van der Waals surface area (Å²) in [5.41, 5.74) is 1.09. The molecule has 0 spiro atoms. The Labute approximate surface area is 66.4 Å². The Hall–Kier alpha value is -0.830. The summed E-state index contributed by atoms with van der Waals surface area (Å²) in [6.07, 6.45) is 5.75. The van der Waals surface area contributed by atoms with Gasteiger partial charge in [-0.15, -0.1) is 0 Å². The zero-order valence-corrected chi connectivity index (χ0v) is 6.66. The van der Waals surface area contributed by atoms with Gasteiger partial charge in [0.15, 0.2) is 0 Å². The van der Waals surface area contributed by atoms with Gasteiger partial charge in [-0.3, -0.25) is 0 Å². The monoisotopic (exact) mass is 155 g/mol. The normalized spacial score (nSPS) is 24.5. The molecule has 3 nitrogen and oxygen atoms in total. The summed E-state index contributed by atoms with van der Waals surface area (Å²) in [6.45, 7) is 0.720. The van der Waals surface area contributed by atoms with Crippen LogP contribution in [0.1, 0.15) is 12.8 Å². The van der Waals surface area contributed by atoms with E-state index in [1.54, 1.807) is 7.11 Å². The van der Waals surface area contributed by atoms with Gasteiger partial charge in [0.05, 0.1) is 12.8 Å². The summed E-state index contributed by atoms with van der Waals surface area (Å²) in [4.78, 5) is 0. The second kappa shape index (κ2) is 4.13. The van der Waals surface area contributed by atoms with Crippen molar-refractivity contribution in [2.45, 2.75) is 12.8 Å². The molecule has 1 N–H and O–H groups in total. The quantitative estimate of drug-likeness (QED) is 0.380. The zero-order chi connectivity index (χ0) is 8.10. The molecule has 0 radical (unpaired) electrons. The van der Waals surface area contributed by atoms with Gasteiger partial charge in [0.25, 0.3) is 0 Å². The fourth-order valence-electron chi connectivity index (χ4n) is 1.39. The number of oxime groups is 1. The topological polar surface area (TPSA) is 41.8 Å². The van der Waals surface area contributed by atoms with Gasteiger partial charge in [-0.1, -0.05) is 11.2 Å². The largest absolute Gasteiger partial charge is 0.411 e. The first-order chi connectivity index (χ1) is 5.38. The third-order valence-corrected chi connectivity index (χ3v) is 1.94. The number of allylic oxidation sites excluding steroid dienone is 1. The molecular weight excluding hydrogens is 142 g/mol. The summed E-state index contributed by atoms with van der Waals surface area (Å²) in [6, 6.07) is 0. The fourth-order valence-corrected chi connectivity index (χ4v) is 1.39. The van der Waals surface area contributed by atoms with Crippen LogP contribution >= 0.6 is 0 Å². The molecule has 11 heavy (non-hydrogen) atoms. The molecular formula is C8H13NO2. The Morgan fingerprint density at radius 1 is 1.91 bits per heavy atom. The first-order valence-corrected chi connectivity index (χ1v) is 3.75. The summed E-state index contributed by atoms with van der Waals surface area (Å²) in [5.74, 6) is 0.427. The maximum atomic E-state index is 8.30. The second-order valence-electron chi connectivity index (χ2n) is 2.68. The standard InChI is InChI=1S/C8H13NO2/c1-11-6-8-4-2-3-7(8)5-9-10/h3,5,8,10H,2,4,6H2,1H3/b9-5+. The number of hydrogen-bond acceptors (Lipinski definition) is 3. The number of ether oxygens (including phenoxy) is 1. The van der Waals surface area contributed by atoms with Crippen LogP contribution in [0.5, 0.6) is 0 Å². The molecule has 0 bridgehead atoms. The van der Waals surface area contributed by atoms with E-state index >= 15 is 0 Å². The Kier molecular flexibility index (Phi) is 3.11. The third kappa shape index (κ3) is 2.05. The average Bonchev–Trinajstić information content (AvgIpc) is 2.39. The highest BCUT2D eigenvalue weighted by atomic mass is 16.5. The van der Waals surface area contributed by atoms with Crippen LogP contribution in [0, 0.1) is 5.92 Å². The van der Waals surface area contributed by atoms with Crippen molar-refractivity contribution in [2.24, 2.45) is 11.1 Å². The molecule has 0 amide bonds. The lowest BCUT2D eigenvalue weighted by Gasteiger charge is -2.08. The molecule has 0 aromatic rings. The van der Waals surface area contributed by atoms with Gasteiger partial charge in [-0.05, 0) is 18.4 Å². The maximum absolute atomic E-state index is 8.30. The van der Waals surface area contributed by atoms with Crippen LogP contribution in [0.3, 0.4) is 0 Å². The smallest absolute Gasteiger partial charge is 0.0693 e. The predicted octanol–water partition coefficient (Wildman–Crippen LogP) is 1.43. The van der Waals surface area contributed by atoms with E-state index in [1.807, 2.05) is 0 Å². The van der Waals surface area contributed by atoms with Crippen LogP contribution in [-0.4, -0.2) is 25.1 Å². The highest BCUT2D eigenvalue weighted by Gasteiger charge is 2.17. The van der Waals surface area contributed by atoms with E-state index in [2.05, 4.69) is 11.2 Å². The van der Waals surface area contributed by atoms with E-state index in [0.29, 0.717) is 5.92 Å². The third-order valence-electron chi connectivity index (χ3n) is 1.94. The lowest BCUT2D eigenvalue weighted by atomic mass is 10.0. The molecule has 3 heteroatoms. The molecule has 0 fully saturated rings. The van der Waals surface area contributed by atoms with Crippen molar-refractivity contribution in [3.05, 3.63) is 11.6 Å². The zero-order valence-electron chi connectivity index (χ0n) is 6.66. The highest BCUT2D eigenvalue weighted by Crippen LogP contribution is 2.24. The van der Waals surface area contributed by atoms with E-state index in [-0.39, 0.29) is 0 Å². The van der Waals surface area contributed by atoms with Crippen molar-refractivity contribution < 1.29 is 9.94 Å². The van der Waals surface area contributed by atoms with E-state index in [1.165, 1.54) is 6.21 Å². The molecule has 0 heterocycles. The second-order valence-corrected chi connectivity index (χ2v) is 2.68. The fraction of sp³-hybridized carbons (Fsp3) is 0.625. The van der Waals surface area contributed by atoms with Gasteiger partial charge in [0.2, 0.25) is 0 Å². The molecule has 62 valence electrons. The molecule has 1 aliphatic rings. The maximum Gasteiger partial charge on any atom is 0.0693 e. The van der Waals surface area contributed by atoms with Gasteiger partial charge in [0, 0.05) is 13.0 Å².